The third kappa shape index (κ3) is 2.56. The van der Waals surface area contributed by atoms with Crippen LogP contribution in [-0.2, 0) is 29.3 Å². The zero-order chi connectivity index (χ0) is 19.9. The van der Waals surface area contributed by atoms with Gasteiger partial charge < -0.3 is 25.3 Å². The van der Waals surface area contributed by atoms with Gasteiger partial charge in [0, 0.05) is 11.3 Å². The minimum atomic E-state index is -1.82. The van der Waals surface area contributed by atoms with Crippen molar-refractivity contribution in [1.82, 2.24) is 5.32 Å². The SMILES string of the molecule is COC(=O)C1=C(N)Oc2ccccc2C12C(=O)NC(C)=C2C(=O)OC(C)C. The lowest BCUT2D eigenvalue weighted by molar-refractivity contribution is -0.144. The molecule has 1 atom stereocenters. The van der Waals surface area contributed by atoms with Gasteiger partial charge in [-0.3, -0.25) is 4.79 Å². The Balaban J connectivity index is 2.38. The summed E-state index contributed by atoms with van der Waals surface area (Å²) in [6, 6.07) is 6.57. The predicted molar refractivity (Wildman–Crippen MR) is 94.0 cm³/mol. The molecule has 2 aliphatic rings. The average Bonchev–Trinajstić information content (AvgIpc) is 2.85. The molecule has 8 heteroatoms. The molecular formula is C19H20N2O6. The molecule has 2 heterocycles. The van der Waals surface area contributed by atoms with Gasteiger partial charge in [0.15, 0.2) is 0 Å². The number of nitrogens with two attached hydrogens (primary N) is 1. The minimum Gasteiger partial charge on any atom is -0.465 e. The lowest BCUT2D eigenvalue weighted by atomic mass is 9.67. The number of hydrogen-bond acceptors (Lipinski definition) is 7. The summed E-state index contributed by atoms with van der Waals surface area (Å²) in [5.74, 6) is -2.24. The second-order valence-electron chi connectivity index (χ2n) is 6.49. The van der Waals surface area contributed by atoms with Gasteiger partial charge in [0.25, 0.3) is 0 Å². The average molecular weight is 372 g/mol. The number of para-hydroxylation sites is 1. The Bertz CT molecular complexity index is 915. The fraction of sp³-hybridized carbons (Fsp3) is 0.316. The van der Waals surface area contributed by atoms with Gasteiger partial charge in [-0.05, 0) is 26.8 Å². The van der Waals surface area contributed by atoms with Gasteiger partial charge in [0.1, 0.15) is 16.7 Å². The standard InChI is InChI=1S/C19H20N2O6/c1-9(2)26-17(23)13-10(3)21-18(24)19(13)11-7-5-6-8-12(11)27-15(20)14(19)16(22)25-4/h5-9H,20H2,1-4H3,(H,21,24). The van der Waals surface area contributed by atoms with Crippen molar-refractivity contribution in [2.75, 3.05) is 7.11 Å². The van der Waals surface area contributed by atoms with Crippen LogP contribution >= 0.6 is 0 Å². The molecule has 1 unspecified atom stereocenters. The normalized spacial score (nSPS) is 21.1. The first-order valence-corrected chi connectivity index (χ1v) is 8.34. The van der Waals surface area contributed by atoms with E-state index in [0.717, 1.165) is 7.11 Å². The number of fused-ring (bicyclic) bond motifs is 2. The van der Waals surface area contributed by atoms with Gasteiger partial charge in [-0.15, -0.1) is 0 Å². The maximum Gasteiger partial charge on any atom is 0.340 e. The Morgan fingerprint density at radius 3 is 2.48 bits per heavy atom. The van der Waals surface area contributed by atoms with E-state index in [-0.39, 0.29) is 28.5 Å². The number of benzene rings is 1. The van der Waals surface area contributed by atoms with E-state index < -0.39 is 29.4 Å². The second kappa shape index (κ2) is 6.46. The molecule has 8 nitrogen and oxygen atoms in total. The predicted octanol–water partition coefficient (Wildman–Crippen LogP) is 1.02. The summed E-state index contributed by atoms with van der Waals surface area (Å²) in [5.41, 5.74) is 4.50. The molecule has 1 spiro atoms. The number of carbonyl (C=O) groups excluding carboxylic acids is 3. The lowest BCUT2D eigenvalue weighted by Gasteiger charge is -2.35. The van der Waals surface area contributed by atoms with Gasteiger partial charge >= 0.3 is 11.9 Å². The van der Waals surface area contributed by atoms with Crippen molar-refractivity contribution < 1.29 is 28.6 Å². The van der Waals surface area contributed by atoms with Crippen LogP contribution in [0.25, 0.3) is 0 Å². The van der Waals surface area contributed by atoms with Gasteiger partial charge in [-0.25, -0.2) is 9.59 Å². The van der Waals surface area contributed by atoms with Gasteiger partial charge in [0.2, 0.25) is 11.8 Å². The number of methoxy groups -OCH3 is 1. The summed E-state index contributed by atoms with van der Waals surface area (Å²) >= 11 is 0. The first-order chi connectivity index (χ1) is 12.7. The molecule has 1 aromatic carbocycles. The molecule has 0 aliphatic carbocycles. The second-order valence-corrected chi connectivity index (χ2v) is 6.49. The van der Waals surface area contributed by atoms with Crippen LogP contribution in [0.5, 0.6) is 5.75 Å². The van der Waals surface area contributed by atoms with Crippen LogP contribution < -0.4 is 15.8 Å². The zero-order valence-electron chi connectivity index (χ0n) is 15.4. The Hall–Kier alpha value is -3.29. The van der Waals surface area contributed by atoms with Crippen LogP contribution in [0, 0.1) is 0 Å². The number of nitrogens with one attached hydrogen (secondary N) is 1. The first kappa shape index (κ1) is 18.5. The maximum atomic E-state index is 13.2. The Labute approximate surface area is 155 Å². The summed E-state index contributed by atoms with van der Waals surface area (Å²) in [6.07, 6.45) is -0.427. The number of carbonyl (C=O) groups is 3. The smallest absolute Gasteiger partial charge is 0.340 e. The van der Waals surface area contributed by atoms with Crippen molar-refractivity contribution in [2.45, 2.75) is 32.3 Å². The molecule has 0 saturated heterocycles. The molecule has 0 saturated carbocycles. The van der Waals surface area contributed by atoms with Crippen molar-refractivity contribution in [1.29, 1.82) is 0 Å². The van der Waals surface area contributed by atoms with Gasteiger partial charge in [-0.2, -0.15) is 0 Å². The Kier molecular flexibility index (Phi) is 4.43. The Morgan fingerprint density at radius 1 is 1.19 bits per heavy atom. The minimum absolute atomic E-state index is 0.0136. The number of ether oxygens (including phenoxy) is 3. The molecule has 0 aromatic heterocycles. The van der Waals surface area contributed by atoms with Gasteiger partial charge in [0.05, 0.1) is 18.8 Å². The molecular weight excluding hydrogens is 352 g/mol. The summed E-state index contributed by atoms with van der Waals surface area (Å²) < 4.78 is 15.7. The molecule has 0 bridgehead atoms. The first-order valence-electron chi connectivity index (χ1n) is 8.34. The summed E-state index contributed by atoms with van der Waals surface area (Å²) in [4.78, 5) is 38.7. The summed E-state index contributed by atoms with van der Waals surface area (Å²) in [5, 5.41) is 2.64. The molecule has 27 heavy (non-hydrogen) atoms. The van der Waals surface area contributed by atoms with Crippen molar-refractivity contribution >= 4 is 17.8 Å². The van der Waals surface area contributed by atoms with Crippen molar-refractivity contribution in [3.8, 4) is 5.75 Å². The molecule has 1 aromatic rings. The van der Waals surface area contributed by atoms with Crippen LogP contribution in [0.15, 0.2) is 47.0 Å². The number of amides is 1. The lowest BCUT2D eigenvalue weighted by Crippen LogP contribution is -2.49. The highest BCUT2D eigenvalue weighted by molar-refractivity contribution is 6.17. The van der Waals surface area contributed by atoms with E-state index in [1.165, 1.54) is 0 Å². The van der Waals surface area contributed by atoms with E-state index >= 15 is 0 Å². The van der Waals surface area contributed by atoms with Crippen LogP contribution in [0.4, 0.5) is 0 Å². The summed E-state index contributed by atoms with van der Waals surface area (Å²) in [7, 11) is 1.16. The molecule has 0 radical (unpaired) electrons. The van der Waals surface area contributed by atoms with E-state index in [9.17, 15) is 14.4 Å². The summed E-state index contributed by atoms with van der Waals surface area (Å²) in [6.45, 7) is 4.94. The fourth-order valence-corrected chi connectivity index (χ4v) is 3.51. The van der Waals surface area contributed by atoms with Crippen LogP contribution in [0.1, 0.15) is 26.3 Å². The third-order valence-electron chi connectivity index (χ3n) is 4.46. The van der Waals surface area contributed by atoms with E-state index in [4.69, 9.17) is 19.9 Å². The quantitative estimate of drug-likeness (QED) is 0.761. The number of esters is 2. The van der Waals surface area contributed by atoms with Crippen LogP contribution in [0.3, 0.4) is 0 Å². The highest BCUT2D eigenvalue weighted by Gasteiger charge is 2.61. The van der Waals surface area contributed by atoms with E-state index in [1.807, 2.05) is 0 Å². The molecule has 3 N–H and O–H groups in total. The van der Waals surface area contributed by atoms with E-state index in [0.29, 0.717) is 5.56 Å². The van der Waals surface area contributed by atoms with Crippen LogP contribution in [-0.4, -0.2) is 31.1 Å². The number of hydrogen-bond donors (Lipinski definition) is 2. The number of rotatable bonds is 3. The molecule has 142 valence electrons. The number of allylic oxidation sites excluding steroid dienone is 1. The van der Waals surface area contributed by atoms with Gasteiger partial charge in [-0.1, -0.05) is 18.2 Å². The topological polar surface area (TPSA) is 117 Å². The molecule has 3 rings (SSSR count). The zero-order valence-corrected chi connectivity index (χ0v) is 15.4. The van der Waals surface area contributed by atoms with Crippen molar-refractivity contribution in [3.05, 3.63) is 52.6 Å². The third-order valence-corrected chi connectivity index (χ3v) is 4.46. The van der Waals surface area contributed by atoms with Crippen molar-refractivity contribution in [2.24, 2.45) is 5.73 Å². The van der Waals surface area contributed by atoms with E-state index in [2.05, 4.69) is 5.32 Å². The van der Waals surface area contributed by atoms with E-state index in [1.54, 1.807) is 45.0 Å². The highest BCUT2D eigenvalue weighted by atomic mass is 16.5. The van der Waals surface area contributed by atoms with Crippen LogP contribution in [0.2, 0.25) is 0 Å². The molecule has 2 aliphatic heterocycles. The largest absolute Gasteiger partial charge is 0.465 e. The monoisotopic (exact) mass is 372 g/mol. The van der Waals surface area contributed by atoms with Crippen molar-refractivity contribution in [3.63, 3.8) is 0 Å². The Morgan fingerprint density at radius 2 is 1.85 bits per heavy atom. The molecule has 0 fully saturated rings. The maximum absolute atomic E-state index is 13.2. The highest BCUT2D eigenvalue weighted by Crippen LogP contribution is 2.51. The fourth-order valence-electron chi connectivity index (χ4n) is 3.51. The molecule has 1 amide bonds.